The van der Waals surface area contributed by atoms with Gasteiger partial charge >= 0.3 is 0 Å². The molecule has 0 bridgehead atoms. The summed E-state index contributed by atoms with van der Waals surface area (Å²) in [6, 6.07) is 4.50. The first-order valence-corrected chi connectivity index (χ1v) is 9.33. The second-order valence-electron chi connectivity index (χ2n) is 6.76. The molecule has 1 aromatic carbocycles. The number of aryl methyl sites for hydroxylation is 3. The quantitative estimate of drug-likeness (QED) is 0.633. The highest BCUT2D eigenvalue weighted by Crippen LogP contribution is 2.22. The fraction of sp³-hybridized carbons (Fsp3) is 0.650. The Hall–Kier alpha value is -1.35. The van der Waals surface area contributed by atoms with Gasteiger partial charge in [-0.2, -0.15) is 0 Å². The molecular formula is C20H33N3. The van der Waals surface area contributed by atoms with Crippen molar-refractivity contribution in [3.05, 3.63) is 29.1 Å². The van der Waals surface area contributed by atoms with Gasteiger partial charge in [-0.05, 0) is 50.1 Å². The number of nitrogens with zero attached hydrogens (tertiary/aromatic N) is 2. The van der Waals surface area contributed by atoms with Gasteiger partial charge in [0, 0.05) is 13.0 Å². The Labute approximate surface area is 141 Å². The maximum absolute atomic E-state index is 5.78. The monoisotopic (exact) mass is 315 g/mol. The van der Waals surface area contributed by atoms with Crippen molar-refractivity contribution in [2.24, 2.45) is 5.73 Å². The molecule has 2 N–H and O–H groups in total. The first-order chi connectivity index (χ1) is 11.2. The van der Waals surface area contributed by atoms with Crippen LogP contribution in [0.4, 0.5) is 0 Å². The molecule has 0 aliphatic carbocycles. The molecule has 2 rings (SSSR count). The van der Waals surface area contributed by atoms with Crippen molar-refractivity contribution in [3.8, 4) is 0 Å². The smallest absolute Gasteiger partial charge is 0.111 e. The predicted octanol–water partition coefficient (Wildman–Crippen LogP) is 4.90. The Balaban J connectivity index is 2.02. The van der Waals surface area contributed by atoms with E-state index in [2.05, 4.69) is 37.5 Å². The summed E-state index contributed by atoms with van der Waals surface area (Å²) >= 11 is 0. The number of benzene rings is 1. The summed E-state index contributed by atoms with van der Waals surface area (Å²) < 4.78 is 2.40. The molecule has 1 heterocycles. The summed E-state index contributed by atoms with van der Waals surface area (Å²) in [7, 11) is 0. The molecule has 0 unspecified atom stereocenters. The van der Waals surface area contributed by atoms with E-state index in [9.17, 15) is 0 Å². The van der Waals surface area contributed by atoms with Gasteiger partial charge in [0.25, 0.3) is 0 Å². The van der Waals surface area contributed by atoms with Crippen LogP contribution in [0.25, 0.3) is 11.0 Å². The van der Waals surface area contributed by atoms with Crippen LogP contribution < -0.4 is 5.73 Å². The van der Waals surface area contributed by atoms with Gasteiger partial charge in [-0.15, -0.1) is 0 Å². The van der Waals surface area contributed by atoms with Gasteiger partial charge in [0.05, 0.1) is 11.0 Å². The lowest BCUT2D eigenvalue weighted by Crippen LogP contribution is -2.10. The summed E-state index contributed by atoms with van der Waals surface area (Å²) in [6.07, 6.45) is 10.3. The molecule has 0 spiro atoms. The number of fused-ring (bicyclic) bond motifs is 1. The molecule has 0 radical (unpaired) electrons. The molecule has 0 saturated carbocycles. The Morgan fingerprint density at radius 1 is 0.957 bits per heavy atom. The molecule has 3 nitrogen and oxygen atoms in total. The van der Waals surface area contributed by atoms with Crippen molar-refractivity contribution in [1.82, 2.24) is 9.55 Å². The van der Waals surface area contributed by atoms with E-state index in [1.165, 1.54) is 61.6 Å². The summed E-state index contributed by atoms with van der Waals surface area (Å²) in [5.74, 6) is 1.15. The lowest BCUT2D eigenvalue weighted by molar-refractivity contribution is 0.546. The summed E-state index contributed by atoms with van der Waals surface area (Å²) in [4.78, 5) is 4.83. The van der Waals surface area contributed by atoms with Crippen LogP contribution in [0.3, 0.4) is 0 Å². The predicted molar refractivity (Wildman–Crippen MR) is 100.0 cm³/mol. The minimum atomic E-state index is 0.665. The number of unbranched alkanes of at least 4 members (excludes halogenated alkanes) is 6. The van der Waals surface area contributed by atoms with E-state index in [1.807, 2.05) is 0 Å². The highest BCUT2D eigenvalue weighted by molar-refractivity contribution is 5.78. The second-order valence-corrected chi connectivity index (χ2v) is 6.76. The third-order valence-corrected chi connectivity index (χ3v) is 4.80. The molecule has 23 heavy (non-hydrogen) atoms. The lowest BCUT2D eigenvalue weighted by atomic mass is 10.1. The van der Waals surface area contributed by atoms with Crippen LogP contribution in [0, 0.1) is 13.8 Å². The number of rotatable bonds is 10. The Morgan fingerprint density at radius 3 is 2.30 bits per heavy atom. The topological polar surface area (TPSA) is 43.8 Å². The summed E-state index contributed by atoms with van der Waals surface area (Å²) in [5, 5.41) is 0. The van der Waals surface area contributed by atoms with Crippen molar-refractivity contribution < 1.29 is 0 Å². The van der Waals surface area contributed by atoms with E-state index in [0.717, 1.165) is 24.3 Å². The average Bonchev–Trinajstić information content (AvgIpc) is 2.84. The van der Waals surface area contributed by atoms with Crippen LogP contribution in [0.2, 0.25) is 0 Å². The van der Waals surface area contributed by atoms with Gasteiger partial charge in [0.2, 0.25) is 0 Å². The second kappa shape index (κ2) is 9.07. The minimum Gasteiger partial charge on any atom is -0.330 e. The molecule has 0 saturated heterocycles. The van der Waals surface area contributed by atoms with Gasteiger partial charge in [-0.25, -0.2) is 4.98 Å². The zero-order valence-corrected chi connectivity index (χ0v) is 15.2. The van der Waals surface area contributed by atoms with Crippen molar-refractivity contribution in [3.63, 3.8) is 0 Å². The van der Waals surface area contributed by atoms with E-state index >= 15 is 0 Å². The third kappa shape index (κ3) is 4.81. The normalized spacial score (nSPS) is 11.5. The van der Waals surface area contributed by atoms with Crippen LogP contribution in [0.5, 0.6) is 0 Å². The minimum absolute atomic E-state index is 0.665. The van der Waals surface area contributed by atoms with Crippen LogP contribution in [-0.4, -0.2) is 16.1 Å². The Morgan fingerprint density at radius 2 is 1.61 bits per heavy atom. The summed E-state index contributed by atoms with van der Waals surface area (Å²) in [5.41, 5.74) is 10.8. The van der Waals surface area contributed by atoms with E-state index < -0.39 is 0 Å². The molecule has 0 amide bonds. The molecule has 0 aliphatic rings. The zero-order chi connectivity index (χ0) is 16.7. The molecule has 0 atom stereocenters. The van der Waals surface area contributed by atoms with E-state index in [0.29, 0.717) is 6.54 Å². The van der Waals surface area contributed by atoms with Gasteiger partial charge in [-0.1, -0.05) is 45.4 Å². The van der Waals surface area contributed by atoms with Crippen LogP contribution in [0.15, 0.2) is 12.1 Å². The maximum Gasteiger partial charge on any atom is 0.111 e. The average molecular weight is 316 g/mol. The number of aromatic nitrogens is 2. The largest absolute Gasteiger partial charge is 0.330 e. The van der Waals surface area contributed by atoms with Gasteiger partial charge in [0.1, 0.15) is 5.82 Å². The standard InChI is InChI=1S/C20H33N3/c1-4-5-6-7-8-9-10-13-23-19-15-17(3)16(2)14-18(19)22-20(23)11-12-21/h14-15H,4-13,21H2,1-3H3. The van der Waals surface area contributed by atoms with Crippen LogP contribution in [-0.2, 0) is 13.0 Å². The first kappa shape index (κ1) is 18.0. The van der Waals surface area contributed by atoms with Crippen molar-refractivity contribution in [1.29, 1.82) is 0 Å². The molecule has 3 heteroatoms. The number of hydrogen-bond donors (Lipinski definition) is 1. The molecule has 2 aromatic rings. The molecule has 0 aliphatic heterocycles. The highest BCUT2D eigenvalue weighted by atomic mass is 15.1. The van der Waals surface area contributed by atoms with Gasteiger partial charge in [-0.3, -0.25) is 0 Å². The number of imidazole rings is 1. The fourth-order valence-corrected chi connectivity index (χ4v) is 3.23. The maximum atomic E-state index is 5.78. The molecule has 1 aromatic heterocycles. The lowest BCUT2D eigenvalue weighted by Gasteiger charge is -2.09. The SMILES string of the molecule is CCCCCCCCCn1c(CCN)nc2cc(C)c(C)cc21. The third-order valence-electron chi connectivity index (χ3n) is 4.80. The number of hydrogen-bond acceptors (Lipinski definition) is 2. The van der Waals surface area contributed by atoms with E-state index in [4.69, 9.17) is 10.7 Å². The zero-order valence-electron chi connectivity index (χ0n) is 15.2. The van der Waals surface area contributed by atoms with E-state index in [1.54, 1.807) is 0 Å². The van der Waals surface area contributed by atoms with E-state index in [-0.39, 0.29) is 0 Å². The fourth-order valence-electron chi connectivity index (χ4n) is 3.23. The van der Waals surface area contributed by atoms with Crippen LogP contribution in [0.1, 0.15) is 68.8 Å². The van der Waals surface area contributed by atoms with Gasteiger partial charge in [0.15, 0.2) is 0 Å². The summed E-state index contributed by atoms with van der Waals surface area (Å²) in [6.45, 7) is 8.35. The molecule has 128 valence electrons. The Kier molecular flexibility index (Phi) is 7.10. The van der Waals surface area contributed by atoms with Crippen LogP contribution >= 0.6 is 0 Å². The van der Waals surface area contributed by atoms with Crippen molar-refractivity contribution >= 4 is 11.0 Å². The number of nitrogens with two attached hydrogens (primary N) is 1. The van der Waals surface area contributed by atoms with Gasteiger partial charge < -0.3 is 10.3 Å². The van der Waals surface area contributed by atoms with Crippen molar-refractivity contribution in [2.75, 3.05) is 6.54 Å². The first-order valence-electron chi connectivity index (χ1n) is 9.33. The molecular weight excluding hydrogens is 282 g/mol. The highest BCUT2D eigenvalue weighted by Gasteiger charge is 2.11. The van der Waals surface area contributed by atoms with Crippen molar-refractivity contribution in [2.45, 2.75) is 78.7 Å². The molecule has 0 fully saturated rings. The Bertz CT molecular complexity index is 613.